The summed E-state index contributed by atoms with van der Waals surface area (Å²) < 4.78 is 36.4. The molecule has 1 aliphatic rings. The minimum Gasteiger partial charge on any atom is -0.343 e. The maximum atomic E-state index is 13.5. The van der Waals surface area contributed by atoms with Crippen LogP contribution in [0.25, 0.3) is 0 Å². The van der Waals surface area contributed by atoms with Gasteiger partial charge < -0.3 is 4.90 Å². The van der Waals surface area contributed by atoms with Crippen LogP contribution in [0.15, 0.2) is 24.3 Å². The average Bonchev–Trinajstić information content (AvgIpc) is 2.45. The molecule has 0 atom stereocenters. The molecule has 0 spiro atoms. The summed E-state index contributed by atoms with van der Waals surface area (Å²) in [5, 5.41) is -0.340. The van der Waals surface area contributed by atoms with Crippen LogP contribution < -0.4 is 0 Å². The van der Waals surface area contributed by atoms with E-state index >= 15 is 0 Å². The van der Waals surface area contributed by atoms with Crippen LogP contribution in [0.5, 0.6) is 0 Å². The van der Waals surface area contributed by atoms with Gasteiger partial charge in [0.15, 0.2) is 0 Å². The van der Waals surface area contributed by atoms with Crippen LogP contribution in [0.3, 0.4) is 0 Å². The Labute approximate surface area is 124 Å². The van der Waals surface area contributed by atoms with Gasteiger partial charge in [0.1, 0.15) is 15.7 Å². The summed E-state index contributed by atoms with van der Waals surface area (Å²) in [4.78, 5) is 13.8. The van der Waals surface area contributed by atoms with Crippen LogP contribution in [0.1, 0.15) is 24.8 Å². The highest BCUT2D eigenvalue weighted by atomic mass is 32.2. The van der Waals surface area contributed by atoms with Gasteiger partial charge >= 0.3 is 0 Å². The third-order valence-corrected chi connectivity index (χ3v) is 5.65. The highest BCUT2D eigenvalue weighted by molar-refractivity contribution is 7.91. The fourth-order valence-electron chi connectivity index (χ4n) is 2.63. The molecule has 21 heavy (non-hydrogen) atoms. The van der Waals surface area contributed by atoms with Gasteiger partial charge in [-0.1, -0.05) is 18.2 Å². The summed E-state index contributed by atoms with van der Waals surface area (Å²) >= 11 is 0. The fourth-order valence-corrected chi connectivity index (χ4v) is 3.70. The maximum Gasteiger partial charge on any atom is 0.222 e. The van der Waals surface area contributed by atoms with Crippen molar-refractivity contribution in [3.8, 4) is 0 Å². The third kappa shape index (κ3) is 4.27. The average molecular weight is 313 g/mol. The number of rotatable bonds is 4. The molecular formula is C15H20FNO3S. The Hall–Kier alpha value is -1.43. The predicted molar refractivity (Wildman–Crippen MR) is 79.2 cm³/mol. The lowest BCUT2D eigenvalue weighted by molar-refractivity contribution is -0.132. The van der Waals surface area contributed by atoms with E-state index in [0.717, 1.165) is 0 Å². The normalized spacial score (nSPS) is 17.0. The minimum absolute atomic E-state index is 0.0368. The first kappa shape index (κ1) is 15.9. The predicted octanol–water partition coefficient (Wildman–Crippen LogP) is 1.79. The maximum absolute atomic E-state index is 13.5. The molecule has 2 rings (SSSR count). The molecule has 1 aliphatic heterocycles. The molecule has 6 heteroatoms. The van der Waals surface area contributed by atoms with Crippen molar-refractivity contribution < 1.29 is 17.6 Å². The Morgan fingerprint density at radius 3 is 2.48 bits per heavy atom. The Morgan fingerprint density at radius 1 is 1.29 bits per heavy atom. The smallest absolute Gasteiger partial charge is 0.222 e. The van der Waals surface area contributed by atoms with Crippen molar-refractivity contribution in [2.45, 2.75) is 30.9 Å². The van der Waals surface area contributed by atoms with Gasteiger partial charge in [-0.3, -0.25) is 4.79 Å². The summed E-state index contributed by atoms with van der Waals surface area (Å²) in [7, 11) is -3.02. The van der Waals surface area contributed by atoms with E-state index in [1.54, 1.807) is 23.1 Å². The largest absolute Gasteiger partial charge is 0.343 e. The van der Waals surface area contributed by atoms with Gasteiger partial charge in [0.2, 0.25) is 5.91 Å². The molecule has 116 valence electrons. The van der Waals surface area contributed by atoms with Crippen molar-refractivity contribution in [2.24, 2.45) is 0 Å². The van der Waals surface area contributed by atoms with Gasteiger partial charge in [0.05, 0.1) is 5.25 Å². The molecule has 0 saturated carbocycles. The number of aryl methyl sites for hydroxylation is 1. The molecule has 1 amide bonds. The first-order valence-electron chi connectivity index (χ1n) is 7.08. The molecule has 1 aromatic carbocycles. The van der Waals surface area contributed by atoms with Gasteiger partial charge in [-0.2, -0.15) is 0 Å². The van der Waals surface area contributed by atoms with Crippen LogP contribution in [0.4, 0.5) is 4.39 Å². The van der Waals surface area contributed by atoms with Crippen molar-refractivity contribution in [2.75, 3.05) is 19.3 Å². The van der Waals surface area contributed by atoms with E-state index in [-0.39, 0.29) is 23.4 Å². The Bertz CT molecular complexity index is 607. The highest BCUT2D eigenvalue weighted by Crippen LogP contribution is 2.18. The first-order valence-corrected chi connectivity index (χ1v) is 9.03. The van der Waals surface area contributed by atoms with Gasteiger partial charge in [0, 0.05) is 25.8 Å². The van der Waals surface area contributed by atoms with E-state index in [1.807, 2.05) is 0 Å². The van der Waals surface area contributed by atoms with Crippen LogP contribution in [-0.4, -0.2) is 43.8 Å². The second kappa shape index (κ2) is 6.56. The number of amides is 1. The molecule has 4 nitrogen and oxygen atoms in total. The molecule has 0 unspecified atom stereocenters. The highest BCUT2D eigenvalue weighted by Gasteiger charge is 2.28. The summed E-state index contributed by atoms with van der Waals surface area (Å²) in [6, 6.07) is 6.44. The molecule has 0 aliphatic carbocycles. The Kier molecular flexibility index (Phi) is 4.98. The number of carbonyl (C=O) groups excluding carboxylic acids is 1. The van der Waals surface area contributed by atoms with Gasteiger partial charge in [-0.05, 0) is 30.9 Å². The van der Waals surface area contributed by atoms with Gasteiger partial charge in [-0.15, -0.1) is 0 Å². The zero-order chi connectivity index (χ0) is 15.5. The van der Waals surface area contributed by atoms with Crippen molar-refractivity contribution in [1.82, 2.24) is 4.90 Å². The van der Waals surface area contributed by atoms with E-state index in [2.05, 4.69) is 0 Å². The number of sulfone groups is 1. The number of nitrogens with zero attached hydrogens (tertiary/aromatic N) is 1. The molecule has 1 heterocycles. The lowest BCUT2D eigenvalue weighted by Gasteiger charge is -2.31. The van der Waals surface area contributed by atoms with Crippen molar-refractivity contribution in [3.05, 3.63) is 35.6 Å². The van der Waals surface area contributed by atoms with Crippen LogP contribution >= 0.6 is 0 Å². The number of halogens is 1. The van der Waals surface area contributed by atoms with Gasteiger partial charge in [-0.25, -0.2) is 12.8 Å². The lowest BCUT2D eigenvalue weighted by atomic mass is 10.1. The monoisotopic (exact) mass is 313 g/mol. The molecule has 1 fully saturated rings. The zero-order valence-electron chi connectivity index (χ0n) is 12.1. The van der Waals surface area contributed by atoms with E-state index < -0.39 is 9.84 Å². The Morgan fingerprint density at radius 2 is 1.90 bits per heavy atom. The number of hydrogen-bond donors (Lipinski definition) is 0. The van der Waals surface area contributed by atoms with E-state index in [0.29, 0.717) is 37.9 Å². The Balaban J connectivity index is 1.84. The summed E-state index contributed by atoms with van der Waals surface area (Å²) in [6.45, 7) is 0.932. The summed E-state index contributed by atoms with van der Waals surface area (Å²) in [6.07, 6.45) is 2.85. The molecule has 1 aromatic rings. The van der Waals surface area contributed by atoms with E-state index in [4.69, 9.17) is 0 Å². The minimum atomic E-state index is -3.02. The van der Waals surface area contributed by atoms with E-state index in [9.17, 15) is 17.6 Å². The third-order valence-electron chi connectivity index (χ3n) is 3.97. The number of carbonyl (C=O) groups is 1. The van der Waals surface area contributed by atoms with Gasteiger partial charge in [0.25, 0.3) is 0 Å². The van der Waals surface area contributed by atoms with Crippen LogP contribution in [0.2, 0.25) is 0 Å². The number of hydrogen-bond acceptors (Lipinski definition) is 3. The lowest BCUT2D eigenvalue weighted by Crippen LogP contribution is -2.42. The van der Waals surface area contributed by atoms with Crippen molar-refractivity contribution in [3.63, 3.8) is 0 Å². The quantitative estimate of drug-likeness (QED) is 0.851. The summed E-state index contributed by atoms with van der Waals surface area (Å²) in [5.74, 6) is -0.328. The number of piperidine rings is 1. The van der Waals surface area contributed by atoms with Crippen LogP contribution in [-0.2, 0) is 21.1 Å². The standard InChI is InChI=1S/C15H20FNO3S/c1-21(19,20)13-8-10-17(11-9-13)15(18)7-6-12-4-2-3-5-14(12)16/h2-5,13H,6-11H2,1H3. The topological polar surface area (TPSA) is 54.5 Å². The fraction of sp³-hybridized carbons (Fsp3) is 0.533. The molecule has 1 saturated heterocycles. The second-order valence-corrected chi connectivity index (χ2v) is 7.83. The molecule has 0 bridgehead atoms. The molecular weight excluding hydrogens is 293 g/mol. The molecule has 0 N–H and O–H groups in total. The van der Waals surface area contributed by atoms with Crippen LogP contribution in [0, 0.1) is 5.82 Å². The van der Waals surface area contributed by atoms with E-state index in [1.165, 1.54) is 12.3 Å². The number of benzene rings is 1. The number of likely N-dealkylation sites (tertiary alicyclic amines) is 1. The molecule has 0 aromatic heterocycles. The van der Waals surface area contributed by atoms with Crippen molar-refractivity contribution in [1.29, 1.82) is 0 Å². The second-order valence-electron chi connectivity index (χ2n) is 5.50. The van der Waals surface area contributed by atoms with Crippen molar-refractivity contribution >= 4 is 15.7 Å². The summed E-state index contributed by atoms with van der Waals surface area (Å²) in [5.41, 5.74) is 0.539. The molecule has 0 radical (unpaired) electrons. The first-order chi connectivity index (χ1) is 9.88. The SMILES string of the molecule is CS(=O)(=O)C1CCN(C(=O)CCc2ccccc2F)CC1. The zero-order valence-corrected chi connectivity index (χ0v) is 12.9.